The first-order chi connectivity index (χ1) is 13.8. The SMILES string of the molecule is COc1cccc(-c2cccc3c(C(=O)N(C)C(C)CC(N)=O)cccc23)c1F. The highest BCUT2D eigenvalue weighted by Gasteiger charge is 2.22. The summed E-state index contributed by atoms with van der Waals surface area (Å²) in [6.07, 6.45) is 0.0767. The van der Waals surface area contributed by atoms with Crippen molar-refractivity contribution in [3.8, 4) is 16.9 Å². The molecule has 0 radical (unpaired) electrons. The van der Waals surface area contributed by atoms with Gasteiger partial charge in [0.25, 0.3) is 5.91 Å². The molecule has 0 aliphatic rings. The van der Waals surface area contributed by atoms with E-state index in [1.807, 2.05) is 18.2 Å². The number of rotatable bonds is 6. The number of hydrogen-bond donors (Lipinski definition) is 1. The smallest absolute Gasteiger partial charge is 0.254 e. The minimum absolute atomic E-state index is 0.0767. The second kappa shape index (κ2) is 8.31. The van der Waals surface area contributed by atoms with Gasteiger partial charge in [-0.1, -0.05) is 42.5 Å². The van der Waals surface area contributed by atoms with Crippen molar-refractivity contribution in [1.82, 2.24) is 4.90 Å². The molecule has 1 unspecified atom stereocenters. The predicted octanol–water partition coefficient (Wildman–Crippen LogP) is 3.99. The molecule has 0 spiro atoms. The van der Waals surface area contributed by atoms with Crippen LogP contribution in [0.25, 0.3) is 21.9 Å². The van der Waals surface area contributed by atoms with Crippen LogP contribution in [0.2, 0.25) is 0 Å². The van der Waals surface area contributed by atoms with Gasteiger partial charge in [-0.2, -0.15) is 0 Å². The Bertz CT molecular complexity index is 1080. The van der Waals surface area contributed by atoms with E-state index in [9.17, 15) is 14.0 Å². The Kier molecular flexibility index (Phi) is 5.82. The molecule has 0 heterocycles. The van der Waals surface area contributed by atoms with Crippen molar-refractivity contribution in [3.63, 3.8) is 0 Å². The highest BCUT2D eigenvalue weighted by Crippen LogP contribution is 2.35. The van der Waals surface area contributed by atoms with E-state index in [0.717, 1.165) is 5.39 Å². The van der Waals surface area contributed by atoms with Crippen molar-refractivity contribution in [2.45, 2.75) is 19.4 Å². The molecule has 3 aromatic rings. The third kappa shape index (κ3) is 3.92. The van der Waals surface area contributed by atoms with Gasteiger partial charge in [-0.15, -0.1) is 0 Å². The van der Waals surface area contributed by atoms with E-state index in [1.165, 1.54) is 12.0 Å². The maximum Gasteiger partial charge on any atom is 0.254 e. The average Bonchev–Trinajstić information content (AvgIpc) is 2.71. The molecule has 0 aliphatic carbocycles. The first kappa shape index (κ1) is 20.3. The van der Waals surface area contributed by atoms with Crippen LogP contribution >= 0.6 is 0 Å². The van der Waals surface area contributed by atoms with Gasteiger partial charge >= 0.3 is 0 Å². The molecule has 0 aliphatic heterocycles. The van der Waals surface area contributed by atoms with Crippen LogP contribution in [0.5, 0.6) is 5.75 Å². The number of benzene rings is 3. The van der Waals surface area contributed by atoms with E-state index < -0.39 is 11.7 Å². The van der Waals surface area contributed by atoms with Crippen molar-refractivity contribution in [2.75, 3.05) is 14.2 Å². The van der Waals surface area contributed by atoms with Gasteiger partial charge in [0.05, 0.1) is 7.11 Å². The molecule has 6 heteroatoms. The Balaban J connectivity index is 2.11. The van der Waals surface area contributed by atoms with Gasteiger partial charge in [-0.3, -0.25) is 9.59 Å². The molecular formula is C23H23FN2O3. The largest absolute Gasteiger partial charge is 0.494 e. The van der Waals surface area contributed by atoms with Crippen molar-refractivity contribution in [3.05, 3.63) is 66.0 Å². The number of amides is 2. The maximum absolute atomic E-state index is 14.9. The zero-order valence-corrected chi connectivity index (χ0v) is 16.6. The quantitative estimate of drug-likeness (QED) is 0.687. The Morgan fingerprint density at radius 2 is 1.66 bits per heavy atom. The fraction of sp³-hybridized carbons (Fsp3) is 0.217. The number of carbonyl (C=O) groups excluding carboxylic acids is 2. The summed E-state index contributed by atoms with van der Waals surface area (Å²) in [5, 5.41) is 1.46. The van der Waals surface area contributed by atoms with E-state index in [-0.39, 0.29) is 24.1 Å². The summed E-state index contributed by atoms with van der Waals surface area (Å²) in [5.74, 6) is -0.989. The molecule has 0 saturated heterocycles. The number of nitrogens with two attached hydrogens (primary N) is 1. The Morgan fingerprint density at radius 3 is 2.34 bits per heavy atom. The molecule has 0 bridgehead atoms. The summed E-state index contributed by atoms with van der Waals surface area (Å²) in [6.45, 7) is 1.77. The number of carbonyl (C=O) groups is 2. The lowest BCUT2D eigenvalue weighted by atomic mass is 9.94. The molecule has 0 fully saturated rings. The van der Waals surface area contributed by atoms with Crippen LogP contribution in [-0.2, 0) is 4.79 Å². The van der Waals surface area contributed by atoms with Crippen LogP contribution in [-0.4, -0.2) is 36.9 Å². The molecule has 1 atom stereocenters. The summed E-state index contributed by atoms with van der Waals surface area (Å²) >= 11 is 0. The average molecular weight is 394 g/mol. The van der Waals surface area contributed by atoms with Crippen LogP contribution < -0.4 is 10.5 Å². The number of fused-ring (bicyclic) bond motifs is 1. The van der Waals surface area contributed by atoms with Crippen LogP contribution in [0.3, 0.4) is 0 Å². The molecular weight excluding hydrogens is 371 g/mol. The van der Waals surface area contributed by atoms with Gasteiger partial charge in [-0.25, -0.2) is 4.39 Å². The fourth-order valence-corrected chi connectivity index (χ4v) is 3.43. The summed E-state index contributed by atoms with van der Waals surface area (Å²) in [5.41, 5.74) is 6.80. The van der Waals surface area contributed by atoms with Crippen LogP contribution in [0, 0.1) is 5.82 Å². The summed E-state index contributed by atoms with van der Waals surface area (Å²) < 4.78 is 20.0. The third-order valence-electron chi connectivity index (χ3n) is 5.10. The highest BCUT2D eigenvalue weighted by molar-refractivity contribution is 6.10. The van der Waals surface area contributed by atoms with Crippen LogP contribution in [0.1, 0.15) is 23.7 Å². The normalized spacial score (nSPS) is 11.9. The fourth-order valence-electron chi connectivity index (χ4n) is 3.43. The third-order valence-corrected chi connectivity index (χ3v) is 5.10. The zero-order chi connectivity index (χ0) is 21.1. The Labute approximate surface area is 168 Å². The van der Waals surface area contributed by atoms with Crippen molar-refractivity contribution < 1.29 is 18.7 Å². The van der Waals surface area contributed by atoms with E-state index in [2.05, 4.69) is 0 Å². The summed E-state index contributed by atoms with van der Waals surface area (Å²) in [4.78, 5) is 25.8. The van der Waals surface area contributed by atoms with Gasteiger partial charge in [0.2, 0.25) is 5.91 Å². The molecule has 29 heavy (non-hydrogen) atoms. The van der Waals surface area contributed by atoms with Gasteiger partial charge in [-0.05, 0) is 35.4 Å². The molecule has 3 aromatic carbocycles. The molecule has 150 valence electrons. The van der Waals surface area contributed by atoms with E-state index in [1.54, 1.807) is 50.4 Å². The number of ether oxygens (including phenoxy) is 1. The van der Waals surface area contributed by atoms with E-state index in [0.29, 0.717) is 22.1 Å². The molecule has 2 N–H and O–H groups in total. The zero-order valence-electron chi connectivity index (χ0n) is 16.6. The molecule has 0 aromatic heterocycles. The lowest BCUT2D eigenvalue weighted by molar-refractivity contribution is -0.118. The molecule has 2 amide bonds. The van der Waals surface area contributed by atoms with Gasteiger partial charge < -0.3 is 15.4 Å². The van der Waals surface area contributed by atoms with Crippen molar-refractivity contribution >= 4 is 22.6 Å². The van der Waals surface area contributed by atoms with Gasteiger partial charge in [0, 0.05) is 30.6 Å². The standard InChI is InChI=1S/C23H23FN2O3/c1-14(13-21(25)27)26(2)23(28)19-11-5-7-15-16(8-4-9-17(15)19)18-10-6-12-20(29-3)22(18)24/h4-12,14H,13H2,1-3H3,(H2,25,27). The Morgan fingerprint density at radius 1 is 1.03 bits per heavy atom. The summed E-state index contributed by atoms with van der Waals surface area (Å²) in [7, 11) is 3.06. The number of nitrogens with zero attached hydrogens (tertiary/aromatic N) is 1. The van der Waals surface area contributed by atoms with Crippen molar-refractivity contribution in [2.24, 2.45) is 5.73 Å². The number of halogens is 1. The summed E-state index contributed by atoms with van der Waals surface area (Å²) in [6, 6.07) is 15.4. The lowest BCUT2D eigenvalue weighted by Gasteiger charge is -2.25. The van der Waals surface area contributed by atoms with Gasteiger partial charge in [0.1, 0.15) is 0 Å². The highest BCUT2D eigenvalue weighted by atomic mass is 19.1. The lowest BCUT2D eigenvalue weighted by Crippen LogP contribution is -2.37. The number of hydrogen-bond acceptors (Lipinski definition) is 3. The minimum atomic E-state index is -0.467. The first-order valence-corrected chi connectivity index (χ1v) is 9.25. The van der Waals surface area contributed by atoms with Crippen LogP contribution in [0.4, 0.5) is 4.39 Å². The second-order valence-corrected chi connectivity index (χ2v) is 6.96. The Hall–Kier alpha value is -3.41. The topological polar surface area (TPSA) is 72.6 Å². The molecule has 5 nitrogen and oxygen atoms in total. The second-order valence-electron chi connectivity index (χ2n) is 6.96. The van der Waals surface area contributed by atoms with Crippen LogP contribution in [0.15, 0.2) is 54.6 Å². The van der Waals surface area contributed by atoms with E-state index >= 15 is 0 Å². The molecule has 3 rings (SSSR count). The van der Waals surface area contributed by atoms with E-state index in [4.69, 9.17) is 10.5 Å². The number of primary amides is 1. The van der Waals surface area contributed by atoms with Gasteiger partial charge in [0.15, 0.2) is 11.6 Å². The maximum atomic E-state index is 14.9. The number of methoxy groups -OCH3 is 1. The molecule has 0 saturated carbocycles. The monoisotopic (exact) mass is 394 g/mol. The first-order valence-electron chi connectivity index (χ1n) is 9.25. The predicted molar refractivity (Wildman–Crippen MR) is 111 cm³/mol. The van der Waals surface area contributed by atoms with Crippen molar-refractivity contribution in [1.29, 1.82) is 0 Å². The minimum Gasteiger partial charge on any atom is -0.494 e.